The van der Waals surface area contributed by atoms with Gasteiger partial charge in [0.15, 0.2) is 34.9 Å². The first-order valence-electron chi connectivity index (χ1n) is 32.1. The Labute approximate surface area is 551 Å². The fraction of sp³-hybridized carbons (Fsp3) is 0. The Balaban J connectivity index is 0.000000140. The van der Waals surface area contributed by atoms with E-state index in [1.165, 1.54) is 16.3 Å². The highest BCUT2D eigenvalue weighted by Crippen LogP contribution is 2.42. The van der Waals surface area contributed by atoms with E-state index in [2.05, 4.69) is 261 Å². The zero-order valence-electron chi connectivity index (χ0n) is 51.7. The van der Waals surface area contributed by atoms with Crippen molar-refractivity contribution in [3.05, 3.63) is 328 Å². The molecule has 0 aliphatic carbocycles. The minimum atomic E-state index is 0.636. The number of benzene rings is 15. The maximum Gasteiger partial charge on any atom is 0.164 e. The van der Waals surface area contributed by atoms with Crippen molar-refractivity contribution >= 4 is 87.0 Å². The summed E-state index contributed by atoms with van der Waals surface area (Å²) in [5, 5.41) is 13.5. The lowest BCUT2D eigenvalue weighted by molar-refractivity contribution is 0.668. The molecule has 0 spiro atoms. The van der Waals surface area contributed by atoms with Crippen molar-refractivity contribution in [2.45, 2.75) is 0 Å². The monoisotopic (exact) mass is 1230 g/mol. The predicted octanol–water partition coefficient (Wildman–Crippen LogP) is 23.2. The van der Waals surface area contributed by atoms with Crippen LogP contribution in [0.25, 0.3) is 189 Å². The Morgan fingerprint density at radius 3 is 1.02 bits per heavy atom. The Kier molecular flexibility index (Phi) is 13.7. The molecule has 0 aliphatic heterocycles. The molecular formula is C88H54N6O2. The summed E-state index contributed by atoms with van der Waals surface area (Å²) < 4.78 is 12.4. The van der Waals surface area contributed by atoms with Gasteiger partial charge in [-0.15, -0.1) is 0 Å². The second-order valence-electron chi connectivity index (χ2n) is 24.1. The Morgan fingerprint density at radius 1 is 0.156 bits per heavy atom. The van der Waals surface area contributed by atoms with Crippen LogP contribution in [0, 0.1) is 0 Å². The van der Waals surface area contributed by atoms with Crippen LogP contribution < -0.4 is 0 Å². The van der Waals surface area contributed by atoms with Crippen LogP contribution in [-0.2, 0) is 0 Å². The van der Waals surface area contributed by atoms with E-state index in [-0.39, 0.29) is 0 Å². The van der Waals surface area contributed by atoms with Gasteiger partial charge in [-0.25, -0.2) is 29.9 Å². The van der Waals surface area contributed by atoms with E-state index in [4.69, 9.17) is 38.7 Å². The van der Waals surface area contributed by atoms with Crippen LogP contribution in [-0.4, -0.2) is 29.9 Å². The average molecular weight is 1230 g/mol. The number of fused-ring (bicyclic) bond motifs is 10. The van der Waals surface area contributed by atoms with Crippen molar-refractivity contribution in [1.82, 2.24) is 29.9 Å². The van der Waals surface area contributed by atoms with Gasteiger partial charge in [-0.1, -0.05) is 267 Å². The van der Waals surface area contributed by atoms with Gasteiger partial charge in [-0.05, 0) is 137 Å². The molecule has 0 saturated carbocycles. The molecule has 8 heteroatoms. The van der Waals surface area contributed by atoms with E-state index in [1.807, 2.05) is 66.7 Å². The fourth-order valence-electron chi connectivity index (χ4n) is 13.5. The molecule has 19 rings (SSSR count). The number of rotatable bonds is 9. The maximum absolute atomic E-state index is 6.24. The summed E-state index contributed by atoms with van der Waals surface area (Å²) in [6.45, 7) is 0. The van der Waals surface area contributed by atoms with Crippen molar-refractivity contribution in [2.75, 3.05) is 0 Å². The number of hydrogen-bond acceptors (Lipinski definition) is 8. The third kappa shape index (κ3) is 10.2. The molecule has 0 fully saturated rings. The Hall–Kier alpha value is -13.0. The average Bonchev–Trinajstić information content (AvgIpc) is 1.11. The fourth-order valence-corrected chi connectivity index (χ4v) is 13.5. The molecule has 15 aromatic carbocycles. The van der Waals surface area contributed by atoms with E-state index in [1.54, 1.807) is 0 Å². The summed E-state index contributed by atoms with van der Waals surface area (Å²) in [6, 6.07) is 113. The molecule has 4 heterocycles. The summed E-state index contributed by atoms with van der Waals surface area (Å²) in [5.41, 5.74) is 16.1. The quantitative estimate of drug-likeness (QED) is 0.141. The van der Waals surface area contributed by atoms with Gasteiger partial charge in [0, 0.05) is 54.9 Å². The SMILES string of the molecule is c1ccc(-c2ccc(-c3nc(-c4ccccc4)nc(-c4ccc(-c5ccc6c(c5)oc5ccccc56)c5ccccc45)n3)cc2)cc1.c1ccc2cc(-c3nc(-c4ccc5ccccc5c4)nc(-c4ccc(-c5ccc6oc7ccccc7c6c5)c5ccccc45)n3)ccc2c1. The maximum atomic E-state index is 6.24. The largest absolute Gasteiger partial charge is 0.456 e. The number of para-hydroxylation sites is 2. The van der Waals surface area contributed by atoms with E-state index in [9.17, 15) is 0 Å². The van der Waals surface area contributed by atoms with Crippen molar-refractivity contribution in [3.8, 4) is 102 Å². The van der Waals surface area contributed by atoms with Crippen LogP contribution in [0.3, 0.4) is 0 Å². The minimum absolute atomic E-state index is 0.636. The molecule has 96 heavy (non-hydrogen) atoms. The zero-order valence-corrected chi connectivity index (χ0v) is 51.7. The zero-order chi connectivity index (χ0) is 63.5. The molecule has 448 valence electrons. The van der Waals surface area contributed by atoms with Crippen LogP contribution >= 0.6 is 0 Å². The molecule has 0 radical (unpaired) electrons. The van der Waals surface area contributed by atoms with E-state index in [0.717, 1.165) is 137 Å². The first-order chi connectivity index (χ1) is 47.5. The molecule has 0 bridgehead atoms. The van der Waals surface area contributed by atoms with Gasteiger partial charge in [-0.3, -0.25) is 0 Å². The molecule has 0 saturated heterocycles. The molecule has 4 aromatic heterocycles. The van der Waals surface area contributed by atoms with Crippen molar-refractivity contribution in [2.24, 2.45) is 0 Å². The number of furan rings is 2. The van der Waals surface area contributed by atoms with Gasteiger partial charge in [0.2, 0.25) is 0 Å². The minimum Gasteiger partial charge on any atom is -0.456 e. The predicted molar refractivity (Wildman–Crippen MR) is 393 cm³/mol. The second-order valence-corrected chi connectivity index (χ2v) is 24.1. The smallest absolute Gasteiger partial charge is 0.164 e. The lowest BCUT2D eigenvalue weighted by Crippen LogP contribution is -2.01. The van der Waals surface area contributed by atoms with Crippen LogP contribution in [0.1, 0.15) is 0 Å². The highest BCUT2D eigenvalue weighted by Gasteiger charge is 2.21. The van der Waals surface area contributed by atoms with Gasteiger partial charge in [0.25, 0.3) is 0 Å². The molecule has 0 N–H and O–H groups in total. The van der Waals surface area contributed by atoms with Crippen LogP contribution in [0.5, 0.6) is 0 Å². The third-order valence-electron chi connectivity index (χ3n) is 18.3. The van der Waals surface area contributed by atoms with Crippen LogP contribution in [0.2, 0.25) is 0 Å². The first kappa shape index (κ1) is 55.8. The summed E-state index contributed by atoms with van der Waals surface area (Å²) in [4.78, 5) is 30.5. The molecular weight excluding hydrogens is 1170 g/mol. The van der Waals surface area contributed by atoms with Crippen LogP contribution in [0.15, 0.2) is 336 Å². The second kappa shape index (κ2) is 23.6. The topological polar surface area (TPSA) is 104 Å². The van der Waals surface area contributed by atoms with Gasteiger partial charge in [0.1, 0.15) is 22.3 Å². The number of hydrogen-bond donors (Lipinski definition) is 0. The Morgan fingerprint density at radius 2 is 0.479 bits per heavy atom. The number of aromatic nitrogens is 6. The Bertz CT molecular complexity index is 6120. The van der Waals surface area contributed by atoms with Gasteiger partial charge >= 0.3 is 0 Å². The van der Waals surface area contributed by atoms with Crippen LogP contribution in [0.4, 0.5) is 0 Å². The van der Waals surface area contributed by atoms with E-state index >= 15 is 0 Å². The van der Waals surface area contributed by atoms with Crippen molar-refractivity contribution in [3.63, 3.8) is 0 Å². The summed E-state index contributed by atoms with van der Waals surface area (Å²) in [6.07, 6.45) is 0. The highest BCUT2D eigenvalue weighted by molar-refractivity contribution is 6.11. The molecule has 8 nitrogen and oxygen atoms in total. The standard InChI is InChI=1S/C45H27N3O.C43H27N3O/c1-3-11-30-25-33(19-17-28(30)9-1)43-46-44(34-20-18-29-10-2-4-12-31(29)26-34)48-45(47-43)39-23-22-35(36-13-5-6-14-37(36)39)32-21-24-42-40(27-32)38-15-7-8-16-41(38)49-42;1-3-11-28(12-4-1)29-19-21-31(22-20-29)42-44-41(30-13-5-2-6-14-30)45-43(46-42)38-26-25-33(34-15-7-8-16-35(34)38)32-23-24-37-36-17-9-10-18-39(36)47-40(37)27-32/h1-27H;1-27H. The lowest BCUT2D eigenvalue weighted by Gasteiger charge is -2.13. The summed E-state index contributed by atoms with van der Waals surface area (Å²) >= 11 is 0. The molecule has 0 aliphatic rings. The molecule has 0 unspecified atom stereocenters. The third-order valence-corrected chi connectivity index (χ3v) is 18.3. The normalized spacial score (nSPS) is 11.5. The van der Waals surface area contributed by atoms with Crippen molar-refractivity contribution in [1.29, 1.82) is 0 Å². The summed E-state index contributed by atoms with van der Waals surface area (Å²) in [7, 11) is 0. The van der Waals surface area contributed by atoms with E-state index < -0.39 is 0 Å². The van der Waals surface area contributed by atoms with Gasteiger partial charge < -0.3 is 8.83 Å². The lowest BCUT2D eigenvalue weighted by atomic mass is 9.94. The molecule has 0 amide bonds. The highest BCUT2D eigenvalue weighted by atomic mass is 16.3. The van der Waals surface area contributed by atoms with Gasteiger partial charge in [-0.2, -0.15) is 0 Å². The molecule has 19 aromatic rings. The molecule has 0 atom stereocenters. The van der Waals surface area contributed by atoms with E-state index in [0.29, 0.717) is 34.9 Å². The first-order valence-corrected chi connectivity index (χ1v) is 32.1. The number of nitrogens with zero attached hydrogens (tertiary/aromatic N) is 6. The van der Waals surface area contributed by atoms with Gasteiger partial charge in [0.05, 0.1) is 0 Å². The van der Waals surface area contributed by atoms with Crippen molar-refractivity contribution < 1.29 is 8.83 Å². The summed E-state index contributed by atoms with van der Waals surface area (Å²) in [5.74, 6) is 3.84.